The molecule has 114 valence electrons. The van der Waals surface area contributed by atoms with Gasteiger partial charge in [-0.05, 0) is 29.8 Å². The average molecular weight is 332 g/mol. The maximum absolute atomic E-state index is 12.3. The number of aromatic nitrogens is 1. The molecule has 0 fully saturated rings. The summed E-state index contributed by atoms with van der Waals surface area (Å²) in [7, 11) is -3.49. The summed E-state index contributed by atoms with van der Waals surface area (Å²) in [6.07, 6.45) is 0.594. The fourth-order valence-electron chi connectivity index (χ4n) is 2.25. The van der Waals surface area contributed by atoms with Gasteiger partial charge in [-0.3, -0.25) is 0 Å². The minimum atomic E-state index is -3.49. The fraction of sp³-hybridized carbons (Fsp3) is 0.188. The molecule has 1 heterocycles. The third-order valence-electron chi connectivity index (χ3n) is 3.37. The predicted molar refractivity (Wildman–Crippen MR) is 89.7 cm³/mol. The molecule has 22 heavy (non-hydrogen) atoms. The molecule has 0 atom stereocenters. The summed E-state index contributed by atoms with van der Waals surface area (Å²) in [5.41, 5.74) is 0.920. The highest BCUT2D eigenvalue weighted by molar-refractivity contribution is 7.89. The van der Waals surface area contributed by atoms with Crippen LogP contribution in [-0.4, -0.2) is 19.9 Å². The molecule has 0 bridgehead atoms. The second kappa shape index (κ2) is 6.16. The minimum Gasteiger partial charge on any atom is -0.247 e. The Hall–Kier alpha value is -1.76. The van der Waals surface area contributed by atoms with Gasteiger partial charge in [0.2, 0.25) is 10.0 Å². The predicted octanol–water partition coefficient (Wildman–Crippen LogP) is 3.13. The molecular formula is C16H16N2O2S2. The average Bonchev–Trinajstić information content (AvgIpc) is 2.92. The van der Waals surface area contributed by atoms with E-state index in [-0.39, 0.29) is 0 Å². The summed E-state index contributed by atoms with van der Waals surface area (Å²) in [4.78, 5) is 4.62. The van der Waals surface area contributed by atoms with E-state index in [9.17, 15) is 8.42 Å². The van der Waals surface area contributed by atoms with Gasteiger partial charge in [0.05, 0.1) is 15.6 Å². The second-order valence-corrected chi connectivity index (χ2v) is 7.84. The lowest BCUT2D eigenvalue weighted by molar-refractivity contribution is 0.581. The first-order valence-corrected chi connectivity index (χ1v) is 9.30. The summed E-state index contributed by atoms with van der Waals surface area (Å²) in [5, 5.41) is 4.90. The normalized spacial score (nSPS) is 11.9. The van der Waals surface area contributed by atoms with Crippen molar-refractivity contribution in [1.82, 2.24) is 9.71 Å². The Bertz CT molecular complexity index is 901. The van der Waals surface area contributed by atoms with Crippen LogP contribution in [0.25, 0.3) is 10.8 Å². The van der Waals surface area contributed by atoms with Gasteiger partial charge < -0.3 is 0 Å². The summed E-state index contributed by atoms with van der Waals surface area (Å²) < 4.78 is 27.3. The summed E-state index contributed by atoms with van der Waals surface area (Å²) in [5.74, 6) is 0. The molecule has 3 aromatic rings. The first-order valence-electron chi connectivity index (χ1n) is 6.94. The standard InChI is InChI=1S/C16H16N2O2S2/c1-12-18-15(11-21-12)8-9-17-22(19,20)16-7-6-13-4-2-3-5-14(13)10-16/h2-7,10-11,17H,8-9H2,1H3. The Morgan fingerprint density at radius 2 is 1.91 bits per heavy atom. The van der Waals surface area contributed by atoms with E-state index in [1.807, 2.05) is 42.6 Å². The first-order chi connectivity index (χ1) is 10.5. The van der Waals surface area contributed by atoms with Crippen molar-refractivity contribution in [2.24, 2.45) is 0 Å². The largest absolute Gasteiger partial charge is 0.247 e. The molecule has 6 heteroatoms. The molecule has 0 radical (unpaired) electrons. The summed E-state index contributed by atoms with van der Waals surface area (Å²) >= 11 is 1.57. The van der Waals surface area contributed by atoms with Crippen molar-refractivity contribution in [1.29, 1.82) is 0 Å². The van der Waals surface area contributed by atoms with Crippen molar-refractivity contribution in [3.63, 3.8) is 0 Å². The zero-order valence-corrected chi connectivity index (χ0v) is 13.7. The quantitative estimate of drug-likeness (QED) is 0.781. The van der Waals surface area contributed by atoms with Crippen LogP contribution in [0.15, 0.2) is 52.7 Å². The molecule has 1 N–H and O–H groups in total. The van der Waals surface area contributed by atoms with Crippen molar-refractivity contribution in [2.75, 3.05) is 6.54 Å². The zero-order chi connectivity index (χ0) is 15.6. The zero-order valence-electron chi connectivity index (χ0n) is 12.1. The van der Waals surface area contributed by atoms with Gasteiger partial charge in [-0.2, -0.15) is 0 Å². The molecule has 3 rings (SSSR count). The topological polar surface area (TPSA) is 59.1 Å². The van der Waals surface area contributed by atoms with Crippen LogP contribution < -0.4 is 4.72 Å². The molecule has 0 aliphatic heterocycles. The Morgan fingerprint density at radius 1 is 1.14 bits per heavy atom. The lowest BCUT2D eigenvalue weighted by atomic mass is 10.1. The molecular weight excluding hydrogens is 316 g/mol. The highest BCUT2D eigenvalue weighted by atomic mass is 32.2. The number of nitrogens with zero attached hydrogens (tertiary/aromatic N) is 1. The van der Waals surface area contributed by atoms with Crippen molar-refractivity contribution in [3.05, 3.63) is 58.5 Å². The molecule has 0 saturated carbocycles. The number of rotatable bonds is 5. The van der Waals surface area contributed by atoms with Gasteiger partial charge in [0.25, 0.3) is 0 Å². The van der Waals surface area contributed by atoms with Gasteiger partial charge in [0.15, 0.2) is 0 Å². The summed E-state index contributed by atoms with van der Waals surface area (Å²) in [6, 6.07) is 12.9. The van der Waals surface area contributed by atoms with Crippen LogP contribution in [0.3, 0.4) is 0 Å². The monoisotopic (exact) mass is 332 g/mol. The number of thiazole rings is 1. The van der Waals surface area contributed by atoms with Crippen molar-refractivity contribution < 1.29 is 8.42 Å². The van der Waals surface area contributed by atoms with Crippen LogP contribution in [-0.2, 0) is 16.4 Å². The van der Waals surface area contributed by atoms with Gasteiger partial charge in [-0.25, -0.2) is 18.1 Å². The molecule has 0 amide bonds. The van der Waals surface area contributed by atoms with E-state index in [2.05, 4.69) is 9.71 Å². The van der Waals surface area contributed by atoms with Gasteiger partial charge in [0, 0.05) is 18.3 Å². The van der Waals surface area contributed by atoms with E-state index < -0.39 is 10.0 Å². The molecule has 0 unspecified atom stereocenters. The summed E-state index contributed by atoms with van der Waals surface area (Å²) in [6.45, 7) is 2.28. The number of sulfonamides is 1. The van der Waals surface area contributed by atoms with Crippen molar-refractivity contribution >= 4 is 32.1 Å². The van der Waals surface area contributed by atoms with Crippen molar-refractivity contribution in [3.8, 4) is 0 Å². The molecule has 0 saturated heterocycles. The number of benzene rings is 2. The van der Waals surface area contributed by atoms with E-state index in [4.69, 9.17) is 0 Å². The highest BCUT2D eigenvalue weighted by Crippen LogP contribution is 2.18. The SMILES string of the molecule is Cc1nc(CCNS(=O)(=O)c2ccc3ccccc3c2)cs1. The van der Waals surface area contributed by atoms with Gasteiger partial charge in [0.1, 0.15) is 0 Å². The fourth-order valence-corrected chi connectivity index (χ4v) is 3.97. The van der Waals surface area contributed by atoms with Gasteiger partial charge >= 0.3 is 0 Å². The van der Waals surface area contributed by atoms with E-state index in [0.29, 0.717) is 17.9 Å². The third kappa shape index (κ3) is 3.35. The first kappa shape index (κ1) is 15.1. The lowest BCUT2D eigenvalue weighted by Crippen LogP contribution is -2.26. The Morgan fingerprint density at radius 3 is 2.64 bits per heavy atom. The van der Waals surface area contributed by atoms with Crippen molar-refractivity contribution in [2.45, 2.75) is 18.2 Å². The van der Waals surface area contributed by atoms with E-state index in [0.717, 1.165) is 21.5 Å². The molecule has 1 aromatic heterocycles. The number of hydrogen-bond acceptors (Lipinski definition) is 4. The molecule has 0 aliphatic rings. The van der Waals surface area contributed by atoms with Crippen LogP contribution >= 0.6 is 11.3 Å². The van der Waals surface area contributed by atoms with Gasteiger partial charge in [-0.15, -0.1) is 11.3 Å². The smallest absolute Gasteiger partial charge is 0.240 e. The Labute approximate surface area is 133 Å². The molecule has 0 spiro atoms. The molecule has 2 aromatic carbocycles. The molecule has 4 nitrogen and oxygen atoms in total. The van der Waals surface area contributed by atoms with Crippen LogP contribution in [0.1, 0.15) is 10.7 Å². The van der Waals surface area contributed by atoms with E-state index in [1.54, 1.807) is 23.5 Å². The van der Waals surface area contributed by atoms with Gasteiger partial charge in [-0.1, -0.05) is 30.3 Å². The Balaban J connectivity index is 1.73. The Kier molecular flexibility index (Phi) is 4.24. The molecule has 0 aliphatic carbocycles. The maximum atomic E-state index is 12.3. The number of nitrogens with one attached hydrogen (secondary N) is 1. The number of fused-ring (bicyclic) bond motifs is 1. The minimum absolute atomic E-state index is 0.292. The van der Waals surface area contributed by atoms with Crippen LogP contribution in [0, 0.1) is 6.92 Å². The van der Waals surface area contributed by atoms with E-state index in [1.165, 1.54) is 0 Å². The van der Waals surface area contributed by atoms with Crippen LogP contribution in [0.4, 0.5) is 0 Å². The highest BCUT2D eigenvalue weighted by Gasteiger charge is 2.14. The van der Waals surface area contributed by atoms with Crippen LogP contribution in [0.5, 0.6) is 0 Å². The van der Waals surface area contributed by atoms with Crippen LogP contribution in [0.2, 0.25) is 0 Å². The van der Waals surface area contributed by atoms with E-state index >= 15 is 0 Å². The maximum Gasteiger partial charge on any atom is 0.240 e. The second-order valence-electron chi connectivity index (χ2n) is 5.01. The number of aryl methyl sites for hydroxylation is 1. The third-order valence-corrected chi connectivity index (χ3v) is 5.65. The number of hydrogen-bond donors (Lipinski definition) is 1. The lowest BCUT2D eigenvalue weighted by Gasteiger charge is -2.07.